The van der Waals surface area contributed by atoms with Gasteiger partial charge in [0.1, 0.15) is 36.3 Å². The maximum Gasteiger partial charge on any atom is 0.172 e. The quantitative estimate of drug-likeness (QED) is 0.294. The molecule has 0 saturated carbocycles. The van der Waals surface area contributed by atoms with Crippen molar-refractivity contribution in [3.63, 3.8) is 0 Å². The molecule has 10 saturated heterocycles. The van der Waals surface area contributed by atoms with E-state index in [0.717, 1.165) is 76.2 Å². The first kappa shape index (κ1) is 35.5. The number of carbonyl (C=O) groups is 1. The lowest BCUT2D eigenvalue weighted by Gasteiger charge is -2.47. The van der Waals surface area contributed by atoms with Gasteiger partial charge in [0.25, 0.3) is 0 Å². The molecule has 12 bridgehead atoms. The van der Waals surface area contributed by atoms with E-state index in [-0.39, 0.29) is 103 Å². The summed E-state index contributed by atoms with van der Waals surface area (Å²) in [5.41, 5.74) is 2.35. The van der Waals surface area contributed by atoms with Crippen LogP contribution in [0.2, 0.25) is 0 Å². The fraction of sp³-hybridized carbons (Fsp3) is 0.881. The smallest absolute Gasteiger partial charge is 0.172 e. The molecule has 51 heavy (non-hydrogen) atoms. The summed E-state index contributed by atoms with van der Waals surface area (Å²) in [7, 11) is 0. The van der Waals surface area contributed by atoms with Crippen LogP contribution in [-0.2, 0) is 42.7 Å². The molecule has 19 atom stereocenters. The van der Waals surface area contributed by atoms with Gasteiger partial charge in [-0.3, -0.25) is 4.79 Å². The van der Waals surface area contributed by atoms with Crippen molar-refractivity contribution >= 4 is 5.78 Å². The molecule has 10 aliphatic heterocycles. The number of rotatable bonds is 3. The van der Waals surface area contributed by atoms with Crippen LogP contribution in [-0.4, -0.2) is 97.0 Å². The minimum absolute atomic E-state index is 0.0327. The molecular formula is C42H62O9. The van der Waals surface area contributed by atoms with Gasteiger partial charge in [-0.05, 0) is 86.2 Å². The Kier molecular flexibility index (Phi) is 9.64. The Morgan fingerprint density at radius 1 is 0.725 bits per heavy atom. The van der Waals surface area contributed by atoms with Crippen LogP contribution in [0.1, 0.15) is 118 Å². The van der Waals surface area contributed by atoms with Crippen LogP contribution in [0.25, 0.3) is 0 Å². The lowest BCUT2D eigenvalue weighted by molar-refractivity contribution is -0.292. The summed E-state index contributed by atoms with van der Waals surface area (Å²) in [5, 5.41) is 0. The Morgan fingerprint density at radius 3 is 2.31 bits per heavy atom. The molecular weight excluding hydrogens is 648 g/mol. The van der Waals surface area contributed by atoms with Gasteiger partial charge in [-0.2, -0.15) is 0 Å². The van der Waals surface area contributed by atoms with Crippen LogP contribution in [0.4, 0.5) is 0 Å². The number of Topliss-reactive ketones (excluding diaryl/α,β-unsaturated/α-hetero) is 1. The van der Waals surface area contributed by atoms with E-state index in [1.807, 2.05) is 0 Å². The first-order valence-electron chi connectivity index (χ1n) is 20.7. The van der Waals surface area contributed by atoms with E-state index in [4.69, 9.17) is 37.9 Å². The van der Waals surface area contributed by atoms with Crippen LogP contribution in [0.15, 0.2) is 24.3 Å². The summed E-state index contributed by atoms with van der Waals surface area (Å²) in [5.74, 6) is 0.887. The molecule has 10 aliphatic rings. The predicted octanol–water partition coefficient (Wildman–Crippen LogP) is 6.79. The first-order chi connectivity index (χ1) is 24.6. The third-order valence-corrected chi connectivity index (χ3v) is 14.7. The van der Waals surface area contributed by atoms with Crippen LogP contribution < -0.4 is 0 Å². The third kappa shape index (κ3) is 6.55. The monoisotopic (exact) mass is 710 g/mol. The van der Waals surface area contributed by atoms with Crippen molar-refractivity contribution in [2.45, 2.75) is 209 Å². The number of ketones is 1. The van der Waals surface area contributed by atoms with Gasteiger partial charge in [0, 0.05) is 32.1 Å². The largest absolute Gasteiger partial charge is 0.374 e. The second-order valence-electron chi connectivity index (χ2n) is 18.2. The van der Waals surface area contributed by atoms with Gasteiger partial charge in [-0.15, -0.1) is 0 Å². The van der Waals surface area contributed by atoms with Crippen molar-refractivity contribution in [2.24, 2.45) is 23.7 Å². The molecule has 284 valence electrons. The highest BCUT2D eigenvalue weighted by molar-refractivity contribution is 5.79. The SMILES string of the molecule is C=C1CC2CCC34CC5OC6C(OC7CCC(CC(=O)CC8C(CC9OC(CCC1O2)CC(C)C9=C)OC(CC(C)CC)C8C)OC7C6O3)C5O4. The van der Waals surface area contributed by atoms with Crippen molar-refractivity contribution in [1.29, 1.82) is 0 Å². The zero-order valence-corrected chi connectivity index (χ0v) is 31.4. The minimum Gasteiger partial charge on any atom is -0.374 e. The average Bonchev–Trinajstić information content (AvgIpc) is 3.77. The highest BCUT2D eigenvalue weighted by atomic mass is 16.8. The molecule has 0 radical (unpaired) electrons. The second-order valence-corrected chi connectivity index (χ2v) is 18.2. The van der Waals surface area contributed by atoms with E-state index in [0.29, 0.717) is 31.1 Å². The molecule has 0 N–H and O–H groups in total. The van der Waals surface area contributed by atoms with Crippen LogP contribution in [0.3, 0.4) is 0 Å². The molecule has 9 heteroatoms. The molecule has 0 amide bonds. The molecule has 10 heterocycles. The Balaban J connectivity index is 0.986. The highest BCUT2D eigenvalue weighted by Gasteiger charge is 2.68. The molecule has 0 aliphatic carbocycles. The van der Waals surface area contributed by atoms with Gasteiger partial charge in [-0.1, -0.05) is 47.3 Å². The molecule has 9 nitrogen and oxygen atoms in total. The average molecular weight is 711 g/mol. The van der Waals surface area contributed by atoms with Crippen LogP contribution in [0, 0.1) is 23.7 Å². The zero-order valence-electron chi connectivity index (χ0n) is 31.4. The van der Waals surface area contributed by atoms with Gasteiger partial charge in [0.2, 0.25) is 0 Å². The fourth-order valence-electron chi connectivity index (χ4n) is 11.5. The van der Waals surface area contributed by atoms with Crippen molar-refractivity contribution in [3.05, 3.63) is 24.3 Å². The van der Waals surface area contributed by atoms with Crippen LogP contribution in [0.5, 0.6) is 0 Å². The van der Waals surface area contributed by atoms with Crippen molar-refractivity contribution < 1.29 is 42.7 Å². The molecule has 10 rings (SSSR count). The van der Waals surface area contributed by atoms with Gasteiger partial charge in [0.15, 0.2) is 5.79 Å². The van der Waals surface area contributed by atoms with E-state index in [2.05, 4.69) is 40.9 Å². The van der Waals surface area contributed by atoms with Gasteiger partial charge in [0.05, 0.1) is 54.9 Å². The number of fused-ring (bicyclic) bond motifs is 6. The maximum absolute atomic E-state index is 14.1. The summed E-state index contributed by atoms with van der Waals surface area (Å²) in [6, 6.07) is 0. The standard InChI is InChI=1S/C42H62O9/c1-7-21(2)14-33-25(6)30-18-26(43)17-28-9-11-32-37(46-28)41-40-39(48-32)38-36(49-40)20-42(50-38,51-41)13-12-29-16-23(4)31(44-29)10-8-27-15-22(3)24(5)34(45-27)19-35(30)47-33/h21-22,25,27-41H,4-5,7-20H2,1-3,6H3. The number of carbonyl (C=O) groups excluding carboxylic acids is 1. The Morgan fingerprint density at radius 2 is 1.47 bits per heavy atom. The predicted molar refractivity (Wildman–Crippen MR) is 189 cm³/mol. The summed E-state index contributed by atoms with van der Waals surface area (Å²) in [6.45, 7) is 18.2. The first-order valence-corrected chi connectivity index (χ1v) is 20.7. The topological polar surface area (TPSA) is 90.9 Å². The zero-order chi connectivity index (χ0) is 35.2. The van der Waals surface area contributed by atoms with Gasteiger partial charge in [-0.25, -0.2) is 0 Å². The van der Waals surface area contributed by atoms with Crippen molar-refractivity contribution in [1.82, 2.24) is 0 Å². The summed E-state index contributed by atoms with van der Waals surface area (Å²) in [4.78, 5) is 14.1. The van der Waals surface area contributed by atoms with Crippen molar-refractivity contribution in [3.8, 4) is 0 Å². The maximum atomic E-state index is 14.1. The molecule has 19 unspecified atom stereocenters. The van der Waals surface area contributed by atoms with E-state index in [1.54, 1.807) is 0 Å². The van der Waals surface area contributed by atoms with Crippen molar-refractivity contribution in [2.75, 3.05) is 0 Å². The molecule has 1 spiro atoms. The lowest BCUT2D eigenvalue weighted by Crippen LogP contribution is -2.61. The summed E-state index contributed by atoms with van der Waals surface area (Å²) in [6.07, 6.45) is 10.3. The molecule has 0 aromatic rings. The van der Waals surface area contributed by atoms with E-state index in [1.165, 1.54) is 5.57 Å². The van der Waals surface area contributed by atoms with Crippen LogP contribution >= 0.6 is 0 Å². The normalized spacial score (nSPS) is 53.2. The van der Waals surface area contributed by atoms with E-state index in [9.17, 15) is 4.79 Å². The molecule has 0 aromatic heterocycles. The lowest BCUT2D eigenvalue weighted by atomic mass is 9.78. The number of ether oxygens (including phenoxy) is 8. The minimum atomic E-state index is -0.740. The van der Waals surface area contributed by atoms with Gasteiger partial charge >= 0.3 is 0 Å². The highest BCUT2D eigenvalue weighted by Crippen LogP contribution is 2.54. The summed E-state index contributed by atoms with van der Waals surface area (Å²) >= 11 is 0. The molecule has 10 fully saturated rings. The Hall–Kier alpha value is -1.17. The van der Waals surface area contributed by atoms with E-state index >= 15 is 0 Å². The van der Waals surface area contributed by atoms with E-state index < -0.39 is 5.79 Å². The number of hydrogen-bond acceptors (Lipinski definition) is 9. The third-order valence-electron chi connectivity index (χ3n) is 14.7. The second kappa shape index (κ2) is 13.8. The molecule has 0 aromatic carbocycles. The Bertz CT molecular complexity index is 1350. The Labute approximate surface area is 304 Å². The summed E-state index contributed by atoms with van der Waals surface area (Å²) < 4.78 is 54.5. The fourth-order valence-corrected chi connectivity index (χ4v) is 11.5. The number of hydrogen-bond donors (Lipinski definition) is 0. The van der Waals surface area contributed by atoms with Gasteiger partial charge < -0.3 is 37.9 Å².